The molecule has 0 heterocycles. The van der Waals surface area contributed by atoms with E-state index in [1.54, 1.807) is 0 Å². The Morgan fingerprint density at radius 3 is 0.654 bits per heavy atom. The monoisotopic (exact) mass is 1520 g/mol. The molecule has 0 radical (unpaired) electrons. The summed E-state index contributed by atoms with van der Waals surface area (Å²) in [6, 6.07) is 0. The van der Waals surface area contributed by atoms with Crippen molar-refractivity contribution >= 4 is 39.5 Å². The SMILES string of the molecule is CCCCCCCCCCCCCCCCCCCCCC(=O)O[C@H](COC(=O)CCCCCCC)COP(=O)(O)OC[C@H](O)COP(=O)(O)OC[C@@H](COC(=O)CCCCCCCCCCCCCCCCCCC(C)C)OC(=O)CCCCCCCCCCCCCCCCCCCCC(C)C. The van der Waals surface area contributed by atoms with Crippen molar-refractivity contribution < 1.29 is 80.2 Å². The summed E-state index contributed by atoms with van der Waals surface area (Å²) < 4.78 is 68.6. The maximum atomic E-state index is 13.1. The highest BCUT2D eigenvalue weighted by molar-refractivity contribution is 7.47. The van der Waals surface area contributed by atoms with Gasteiger partial charge in [0.2, 0.25) is 0 Å². The van der Waals surface area contributed by atoms with Crippen molar-refractivity contribution in [2.75, 3.05) is 39.6 Å². The van der Waals surface area contributed by atoms with Crippen LogP contribution < -0.4 is 0 Å². The van der Waals surface area contributed by atoms with Gasteiger partial charge in [-0.3, -0.25) is 37.3 Å². The van der Waals surface area contributed by atoms with Crippen LogP contribution in [0.3, 0.4) is 0 Å². The van der Waals surface area contributed by atoms with E-state index < -0.39 is 97.5 Å². The van der Waals surface area contributed by atoms with Crippen molar-refractivity contribution in [3.05, 3.63) is 0 Å². The summed E-state index contributed by atoms with van der Waals surface area (Å²) >= 11 is 0. The second kappa shape index (κ2) is 76.4. The molecule has 0 aliphatic carbocycles. The quantitative estimate of drug-likeness (QED) is 0.0222. The summed E-state index contributed by atoms with van der Waals surface area (Å²) in [4.78, 5) is 72.9. The average Bonchev–Trinajstić information content (AvgIpc) is 0.907. The summed E-state index contributed by atoms with van der Waals surface area (Å²) in [5, 5.41) is 10.6. The molecule has 0 aliphatic rings. The van der Waals surface area contributed by atoms with Crippen LogP contribution >= 0.6 is 15.6 Å². The zero-order valence-corrected chi connectivity index (χ0v) is 70.1. The Labute approximate surface area is 638 Å². The van der Waals surface area contributed by atoms with Crippen LogP contribution in [0.25, 0.3) is 0 Å². The van der Waals surface area contributed by atoms with Crippen LogP contribution in [0.4, 0.5) is 0 Å². The molecule has 0 fully saturated rings. The Morgan fingerprint density at radius 1 is 0.260 bits per heavy atom. The van der Waals surface area contributed by atoms with Gasteiger partial charge in [-0.05, 0) is 37.5 Å². The maximum Gasteiger partial charge on any atom is 0.472 e. The van der Waals surface area contributed by atoms with E-state index in [1.807, 2.05) is 0 Å². The van der Waals surface area contributed by atoms with Crippen molar-refractivity contribution in [3.63, 3.8) is 0 Å². The molecule has 0 aromatic rings. The Bertz CT molecular complexity index is 1990. The van der Waals surface area contributed by atoms with E-state index in [-0.39, 0.29) is 25.7 Å². The molecular weight excluding hydrogens is 1350 g/mol. The Kier molecular flexibility index (Phi) is 75.0. The number of carbonyl (C=O) groups is 4. The number of aliphatic hydroxyl groups excluding tert-OH is 1. The molecule has 0 saturated heterocycles. The van der Waals surface area contributed by atoms with Crippen LogP contribution in [-0.4, -0.2) is 96.7 Å². The molecule has 2 unspecified atom stereocenters. The minimum absolute atomic E-state index is 0.108. The van der Waals surface area contributed by atoms with Crippen molar-refractivity contribution in [2.45, 2.75) is 471 Å². The van der Waals surface area contributed by atoms with E-state index in [1.165, 1.54) is 263 Å². The number of ether oxygens (including phenoxy) is 4. The zero-order valence-electron chi connectivity index (χ0n) is 68.3. The lowest BCUT2D eigenvalue weighted by atomic mass is 10.0. The number of phosphoric acid groups is 2. The molecule has 0 bridgehead atoms. The van der Waals surface area contributed by atoms with E-state index in [0.29, 0.717) is 25.7 Å². The van der Waals surface area contributed by atoms with E-state index in [9.17, 15) is 43.2 Å². The second-order valence-electron chi connectivity index (χ2n) is 31.5. The molecule has 0 rings (SSSR count). The molecule has 0 spiro atoms. The van der Waals surface area contributed by atoms with Gasteiger partial charge in [0.25, 0.3) is 0 Å². The van der Waals surface area contributed by atoms with Gasteiger partial charge < -0.3 is 33.8 Å². The van der Waals surface area contributed by atoms with Gasteiger partial charge >= 0.3 is 39.5 Å². The van der Waals surface area contributed by atoms with E-state index in [4.69, 9.17) is 37.0 Å². The van der Waals surface area contributed by atoms with Crippen LogP contribution in [0, 0.1) is 11.8 Å². The van der Waals surface area contributed by atoms with Crippen LogP contribution in [0.15, 0.2) is 0 Å². The van der Waals surface area contributed by atoms with Crippen LogP contribution in [0.5, 0.6) is 0 Å². The van der Waals surface area contributed by atoms with Crippen molar-refractivity contribution in [1.82, 2.24) is 0 Å². The fraction of sp³-hybridized carbons (Fsp3) is 0.953. The summed E-state index contributed by atoms with van der Waals surface area (Å²) in [6.45, 7) is 9.64. The molecule has 0 aromatic carbocycles. The predicted molar refractivity (Wildman–Crippen MR) is 428 cm³/mol. The lowest BCUT2D eigenvalue weighted by Gasteiger charge is -2.21. The Balaban J connectivity index is 5.10. The van der Waals surface area contributed by atoms with E-state index in [0.717, 1.165) is 108 Å². The molecule has 618 valence electrons. The van der Waals surface area contributed by atoms with Crippen molar-refractivity contribution in [3.8, 4) is 0 Å². The lowest BCUT2D eigenvalue weighted by Crippen LogP contribution is -2.30. The van der Waals surface area contributed by atoms with Gasteiger partial charge in [-0.15, -0.1) is 0 Å². The normalized spacial score (nSPS) is 13.8. The molecule has 17 nitrogen and oxygen atoms in total. The van der Waals surface area contributed by atoms with Gasteiger partial charge in [0.1, 0.15) is 19.3 Å². The van der Waals surface area contributed by atoms with Gasteiger partial charge in [0, 0.05) is 25.7 Å². The minimum Gasteiger partial charge on any atom is -0.462 e. The largest absolute Gasteiger partial charge is 0.472 e. The lowest BCUT2D eigenvalue weighted by molar-refractivity contribution is -0.161. The molecule has 0 aromatic heterocycles. The maximum absolute atomic E-state index is 13.1. The van der Waals surface area contributed by atoms with Crippen LogP contribution in [0.2, 0.25) is 0 Å². The number of hydrogen-bond acceptors (Lipinski definition) is 15. The van der Waals surface area contributed by atoms with Crippen LogP contribution in [0.1, 0.15) is 452 Å². The van der Waals surface area contributed by atoms with Crippen molar-refractivity contribution in [2.24, 2.45) is 11.8 Å². The number of hydrogen-bond donors (Lipinski definition) is 3. The highest BCUT2D eigenvalue weighted by atomic mass is 31.2. The fourth-order valence-corrected chi connectivity index (χ4v) is 14.8. The van der Waals surface area contributed by atoms with Crippen molar-refractivity contribution in [1.29, 1.82) is 0 Å². The molecular formula is C85H166O17P2. The number of esters is 4. The predicted octanol–water partition coefficient (Wildman–Crippen LogP) is 25.8. The number of unbranched alkanes of at least 4 members (excludes halogenated alkanes) is 54. The molecule has 19 heteroatoms. The van der Waals surface area contributed by atoms with Crippen LogP contribution in [-0.2, 0) is 65.4 Å². The number of aliphatic hydroxyl groups is 1. The minimum atomic E-state index is -4.96. The standard InChI is InChI=1S/C85H166O17P2/c1-7-9-11-13-14-15-16-17-18-19-20-24-31-36-41-46-51-57-63-69-84(89)101-80(73-95-82(87)67-61-53-12-10-8-2)75-99-103(91,92)97-71-79(86)72-98-104(93,94)100-76-81(74-96-83(88)68-62-56-50-45-40-35-30-27-26-29-34-39-44-49-55-60-66-78(5)6)102-85(90)70-64-58-52-47-42-37-32-25-22-21-23-28-33-38-43-48-54-59-65-77(3)4/h77-81,86H,7-76H2,1-6H3,(H,91,92)(H,93,94)/t79-,80+,81+/m0/s1. The van der Waals surface area contributed by atoms with Gasteiger partial charge in [-0.2, -0.15) is 0 Å². The Morgan fingerprint density at radius 2 is 0.442 bits per heavy atom. The fourth-order valence-electron chi connectivity index (χ4n) is 13.2. The summed E-state index contributed by atoms with van der Waals surface area (Å²) in [5.41, 5.74) is 0. The highest BCUT2D eigenvalue weighted by Gasteiger charge is 2.30. The molecule has 104 heavy (non-hydrogen) atoms. The topological polar surface area (TPSA) is 237 Å². The molecule has 0 amide bonds. The summed E-state index contributed by atoms with van der Waals surface area (Å²) in [6.07, 6.45) is 68.6. The average molecular weight is 1520 g/mol. The van der Waals surface area contributed by atoms with E-state index >= 15 is 0 Å². The number of phosphoric ester groups is 2. The van der Waals surface area contributed by atoms with E-state index in [2.05, 4.69) is 41.5 Å². The molecule has 0 saturated carbocycles. The Hall–Kier alpha value is -1.94. The van der Waals surface area contributed by atoms with Gasteiger partial charge in [0.15, 0.2) is 12.2 Å². The highest BCUT2D eigenvalue weighted by Crippen LogP contribution is 2.45. The molecule has 3 N–H and O–H groups in total. The summed E-state index contributed by atoms with van der Waals surface area (Å²) in [7, 11) is -9.91. The van der Waals surface area contributed by atoms with Gasteiger partial charge in [-0.1, -0.05) is 401 Å². The first-order chi connectivity index (χ1) is 50.4. The molecule has 5 atom stereocenters. The summed E-state index contributed by atoms with van der Waals surface area (Å²) in [5.74, 6) is -0.482. The smallest absolute Gasteiger partial charge is 0.462 e. The zero-order chi connectivity index (χ0) is 76.4. The third kappa shape index (κ3) is 78.2. The second-order valence-corrected chi connectivity index (χ2v) is 34.4. The first-order valence-electron chi connectivity index (χ1n) is 44.0. The number of carbonyl (C=O) groups excluding carboxylic acids is 4. The third-order valence-corrected chi connectivity index (χ3v) is 21.9. The number of rotatable bonds is 84. The van der Waals surface area contributed by atoms with Gasteiger partial charge in [-0.25, -0.2) is 9.13 Å². The third-order valence-electron chi connectivity index (χ3n) is 20.0. The van der Waals surface area contributed by atoms with Gasteiger partial charge in [0.05, 0.1) is 26.4 Å². The first-order valence-corrected chi connectivity index (χ1v) is 47.0. The molecule has 0 aliphatic heterocycles. The first kappa shape index (κ1) is 102.